The number of hydrogen-bond acceptors (Lipinski definition) is 3. The minimum Gasteiger partial charge on any atom is -0.493 e. The van der Waals surface area contributed by atoms with Gasteiger partial charge in [0, 0.05) is 5.56 Å². The van der Waals surface area contributed by atoms with Crippen molar-refractivity contribution in [1.82, 2.24) is 5.32 Å². The molecular formula is C18H19BrFNO3. The van der Waals surface area contributed by atoms with Gasteiger partial charge in [0.2, 0.25) is 0 Å². The molecule has 0 radical (unpaired) electrons. The van der Waals surface area contributed by atoms with Gasteiger partial charge in [-0.25, -0.2) is 4.39 Å². The monoisotopic (exact) mass is 395 g/mol. The van der Waals surface area contributed by atoms with Crippen LogP contribution in [0.25, 0.3) is 0 Å². The maximum atomic E-state index is 13.0. The van der Waals surface area contributed by atoms with Crippen LogP contribution < -0.4 is 14.8 Å². The molecule has 24 heavy (non-hydrogen) atoms. The summed E-state index contributed by atoms with van der Waals surface area (Å²) in [7, 11) is 1.52. The lowest BCUT2D eigenvalue weighted by Crippen LogP contribution is -2.26. The smallest absolute Gasteiger partial charge is 0.251 e. The van der Waals surface area contributed by atoms with Crippen molar-refractivity contribution >= 4 is 21.8 Å². The zero-order chi connectivity index (χ0) is 17.7. The first-order valence-corrected chi connectivity index (χ1v) is 8.32. The van der Waals surface area contributed by atoms with Gasteiger partial charge < -0.3 is 14.8 Å². The van der Waals surface area contributed by atoms with E-state index in [-0.39, 0.29) is 17.8 Å². The summed E-state index contributed by atoms with van der Waals surface area (Å²) in [5.41, 5.74) is 1.26. The van der Waals surface area contributed by atoms with Crippen molar-refractivity contribution in [3.63, 3.8) is 0 Å². The molecule has 0 unspecified atom stereocenters. The Morgan fingerprint density at radius 3 is 2.54 bits per heavy atom. The molecule has 0 aromatic heterocycles. The van der Waals surface area contributed by atoms with E-state index in [9.17, 15) is 9.18 Å². The fraction of sp³-hybridized carbons (Fsp3) is 0.278. The number of amides is 1. The molecule has 2 rings (SSSR count). The maximum absolute atomic E-state index is 13.0. The second-order valence-electron chi connectivity index (χ2n) is 5.17. The average Bonchev–Trinajstić information content (AvgIpc) is 2.57. The van der Waals surface area contributed by atoms with E-state index in [0.717, 1.165) is 5.56 Å². The Balaban J connectivity index is 2.20. The van der Waals surface area contributed by atoms with Crippen LogP contribution in [0.3, 0.4) is 0 Å². The maximum Gasteiger partial charge on any atom is 0.251 e. The third-order valence-electron chi connectivity index (χ3n) is 3.50. The quantitative estimate of drug-likeness (QED) is 0.783. The number of halogens is 2. The van der Waals surface area contributed by atoms with Crippen LogP contribution in [0.1, 0.15) is 35.8 Å². The van der Waals surface area contributed by atoms with Crippen LogP contribution in [0.15, 0.2) is 40.9 Å². The van der Waals surface area contributed by atoms with Crippen LogP contribution in [0.4, 0.5) is 4.39 Å². The summed E-state index contributed by atoms with van der Waals surface area (Å²) in [4.78, 5) is 12.5. The van der Waals surface area contributed by atoms with Crippen molar-refractivity contribution < 1.29 is 18.7 Å². The van der Waals surface area contributed by atoms with Gasteiger partial charge in [0.25, 0.3) is 5.91 Å². The first kappa shape index (κ1) is 18.3. The van der Waals surface area contributed by atoms with Crippen molar-refractivity contribution in [1.29, 1.82) is 0 Å². The van der Waals surface area contributed by atoms with E-state index >= 15 is 0 Å². The summed E-state index contributed by atoms with van der Waals surface area (Å²) in [5, 5.41) is 2.88. The van der Waals surface area contributed by atoms with E-state index < -0.39 is 0 Å². The lowest BCUT2D eigenvalue weighted by molar-refractivity contribution is 0.0939. The fourth-order valence-corrected chi connectivity index (χ4v) is 2.81. The van der Waals surface area contributed by atoms with Crippen molar-refractivity contribution in [2.24, 2.45) is 0 Å². The molecule has 0 spiro atoms. The van der Waals surface area contributed by atoms with Crippen LogP contribution in [-0.4, -0.2) is 19.6 Å². The van der Waals surface area contributed by atoms with Crippen LogP contribution in [0, 0.1) is 5.82 Å². The number of ether oxygens (including phenoxy) is 2. The molecule has 1 N–H and O–H groups in total. The van der Waals surface area contributed by atoms with Gasteiger partial charge in [0.05, 0.1) is 24.2 Å². The van der Waals surface area contributed by atoms with E-state index in [1.54, 1.807) is 24.3 Å². The van der Waals surface area contributed by atoms with Gasteiger partial charge in [-0.2, -0.15) is 0 Å². The predicted octanol–water partition coefficient (Wildman–Crippen LogP) is 4.49. The Kier molecular flexibility index (Phi) is 6.20. The molecule has 4 nitrogen and oxygen atoms in total. The van der Waals surface area contributed by atoms with E-state index in [1.807, 2.05) is 13.8 Å². The van der Waals surface area contributed by atoms with Crippen LogP contribution in [0.2, 0.25) is 0 Å². The topological polar surface area (TPSA) is 47.6 Å². The van der Waals surface area contributed by atoms with Gasteiger partial charge in [-0.05, 0) is 59.6 Å². The summed E-state index contributed by atoms with van der Waals surface area (Å²) >= 11 is 3.40. The summed E-state index contributed by atoms with van der Waals surface area (Å²) in [6.07, 6.45) is 0. The minimum absolute atomic E-state index is 0.255. The van der Waals surface area contributed by atoms with Gasteiger partial charge in [0.15, 0.2) is 11.5 Å². The Bertz CT molecular complexity index is 719. The van der Waals surface area contributed by atoms with E-state index in [1.165, 1.54) is 19.2 Å². The summed E-state index contributed by atoms with van der Waals surface area (Å²) in [6, 6.07) is 9.09. The van der Waals surface area contributed by atoms with Crippen LogP contribution in [0.5, 0.6) is 11.5 Å². The molecule has 0 fully saturated rings. The highest BCUT2D eigenvalue weighted by molar-refractivity contribution is 9.10. The number of carbonyl (C=O) groups excluding carboxylic acids is 1. The molecule has 6 heteroatoms. The van der Waals surface area contributed by atoms with E-state index in [2.05, 4.69) is 21.2 Å². The summed E-state index contributed by atoms with van der Waals surface area (Å²) in [6.45, 7) is 4.20. The predicted molar refractivity (Wildman–Crippen MR) is 94.1 cm³/mol. The molecule has 0 saturated carbocycles. The molecule has 0 aliphatic carbocycles. The molecule has 2 aromatic rings. The second-order valence-corrected chi connectivity index (χ2v) is 6.02. The zero-order valence-corrected chi connectivity index (χ0v) is 15.3. The SMILES string of the molecule is CCOc1c(Br)cc(C(=O)N[C@@H](C)c2ccc(F)cc2)cc1OC. The largest absolute Gasteiger partial charge is 0.493 e. The van der Waals surface area contributed by atoms with Gasteiger partial charge in [-0.1, -0.05) is 12.1 Å². The first-order chi connectivity index (χ1) is 11.5. The molecule has 1 atom stereocenters. The highest BCUT2D eigenvalue weighted by Gasteiger charge is 2.17. The van der Waals surface area contributed by atoms with Crippen LogP contribution >= 0.6 is 15.9 Å². The highest BCUT2D eigenvalue weighted by atomic mass is 79.9. The summed E-state index contributed by atoms with van der Waals surface area (Å²) in [5.74, 6) is 0.472. The lowest BCUT2D eigenvalue weighted by Gasteiger charge is -2.16. The third kappa shape index (κ3) is 4.26. The van der Waals surface area contributed by atoms with E-state index in [4.69, 9.17) is 9.47 Å². The highest BCUT2D eigenvalue weighted by Crippen LogP contribution is 2.36. The lowest BCUT2D eigenvalue weighted by atomic mass is 10.1. The Morgan fingerprint density at radius 2 is 1.96 bits per heavy atom. The van der Waals surface area contributed by atoms with E-state index in [0.29, 0.717) is 28.1 Å². The Morgan fingerprint density at radius 1 is 1.29 bits per heavy atom. The number of rotatable bonds is 6. The van der Waals surface area contributed by atoms with Gasteiger partial charge in [-0.3, -0.25) is 4.79 Å². The first-order valence-electron chi connectivity index (χ1n) is 7.53. The number of carbonyl (C=O) groups is 1. The van der Waals surface area contributed by atoms with Gasteiger partial charge >= 0.3 is 0 Å². The molecule has 128 valence electrons. The van der Waals surface area contributed by atoms with Gasteiger partial charge in [-0.15, -0.1) is 0 Å². The summed E-state index contributed by atoms with van der Waals surface area (Å²) < 4.78 is 24.4. The molecule has 0 bridgehead atoms. The van der Waals surface area contributed by atoms with Gasteiger partial charge in [0.1, 0.15) is 5.82 Å². The molecule has 0 saturated heterocycles. The molecular weight excluding hydrogens is 377 g/mol. The Labute approximate surface area is 149 Å². The molecule has 0 aliphatic rings. The number of benzene rings is 2. The standard InChI is InChI=1S/C18H19BrFNO3/c1-4-24-17-15(19)9-13(10-16(17)23-3)18(22)21-11(2)12-5-7-14(20)8-6-12/h5-11H,4H2,1-3H3,(H,21,22)/t11-/m0/s1. The van der Waals surface area contributed by atoms with Crippen molar-refractivity contribution in [2.45, 2.75) is 19.9 Å². The average molecular weight is 396 g/mol. The normalized spacial score (nSPS) is 11.7. The second kappa shape index (κ2) is 8.15. The van der Waals surface area contributed by atoms with Crippen molar-refractivity contribution in [3.05, 3.63) is 57.8 Å². The zero-order valence-electron chi connectivity index (χ0n) is 13.7. The number of hydrogen-bond donors (Lipinski definition) is 1. The van der Waals surface area contributed by atoms with Crippen molar-refractivity contribution in [3.8, 4) is 11.5 Å². The third-order valence-corrected chi connectivity index (χ3v) is 4.09. The Hall–Kier alpha value is -2.08. The molecule has 0 heterocycles. The number of nitrogens with one attached hydrogen (secondary N) is 1. The van der Waals surface area contributed by atoms with Crippen LogP contribution in [-0.2, 0) is 0 Å². The minimum atomic E-state index is -0.308. The number of methoxy groups -OCH3 is 1. The fourth-order valence-electron chi connectivity index (χ4n) is 2.25. The molecule has 2 aromatic carbocycles. The molecule has 1 amide bonds. The van der Waals surface area contributed by atoms with Crippen molar-refractivity contribution in [2.75, 3.05) is 13.7 Å². The molecule has 0 aliphatic heterocycles.